The molecule has 0 rings (SSSR count). The molecule has 0 aliphatic heterocycles. The molecule has 0 heteroatoms. The Labute approximate surface area is 136 Å². The Morgan fingerprint density at radius 2 is 1.05 bits per heavy atom. The van der Waals surface area contributed by atoms with Crippen LogP contribution in [0.25, 0.3) is 0 Å². The highest BCUT2D eigenvalue weighted by Gasteiger charge is 2.29. The Hall–Kier alpha value is 0. The maximum atomic E-state index is 2.52. The molecule has 21 heavy (non-hydrogen) atoms. The molecule has 6 unspecified atom stereocenters. The zero-order valence-corrected chi connectivity index (χ0v) is 16.7. The average molecular weight is 297 g/mol. The summed E-state index contributed by atoms with van der Waals surface area (Å²) in [5.74, 6) is 6.73. The van der Waals surface area contributed by atoms with Crippen LogP contribution in [-0.4, -0.2) is 0 Å². The van der Waals surface area contributed by atoms with Gasteiger partial charge in [-0.05, 0) is 53.8 Å². The summed E-state index contributed by atoms with van der Waals surface area (Å²) in [6, 6.07) is 0. The molecule has 0 saturated heterocycles. The molecule has 0 amide bonds. The Balaban J connectivity index is 4.80. The van der Waals surface area contributed by atoms with E-state index in [0.717, 1.165) is 47.3 Å². The minimum Gasteiger partial charge on any atom is -0.0654 e. The Morgan fingerprint density at radius 1 is 0.571 bits per heavy atom. The Morgan fingerprint density at radius 3 is 1.43 bits per heavy atom. The van der Waals surface area contributed by atoms with Gasteiger partial charge in [0.05, 0.1) is 0 Å². The normalized spacial score (nSPS) is 21.1. The molecule has 0 aromatic heterocycles. The van der Waals surface area contributed by atoms with Gasteiger partial charge in [0, 0.05) is 0 Å². The number of hydrogen-bond donors (Lipinski definition) is 0. The molecule has 0 radical (unpaired) electrons. The fourth-order valence-electron chi connectivity index (χ4n) is 3.83. The van der Waals surface area contributed by atoms with Crippen LogP contribution in [0.15, 0.2) is 0 Å². The molecular formula is C21H44. The van der Waals surface area contributed by atoms with E-state index in [1.54, 1.807) is 0 Å². The van der Waals surface area contributed by atoms with E-state index >= 15 is 0 Å². The van der Waals surface area contributed by atoms with Crippen LogP contribution < -0.4 is 0 Å². The highest BCUT2D eigenvalue weighted by molar-refractivity contribution is 4.79. The summed E-state index contributed by atoms with van der Waals surface area (Å²) in [5.41, 5.74) is 0. The maximum Gasteiger partial charge on any atom is -0.0383 e. The van der Waals surface area contributed by atoms with Gasteiger partial charge in [0.2, 0.25) is 0 Å². The summed E-state index contributed by atoms with van der Waals surface area (Å²) in [6.07, 6.45) is 4.16. The van der Waals surface area contributed by atoms with Crippen molar-refractivity contribution in [2.45, 2.75) is 88.5 Å². The summed E-state index contributed by atoms with van der Waals surface area (Å²) in [6.45, 7) is 24.3. The van der Waals surface area contributed by atoms with Crippen molar-refractivity contribution < 1.29 is 0 Å². The van der Waals surface area contributed by atoms with Gasteiger partial charge in [-0.1, -0.05) is 82.1 Å². The van der Waals surface area contributed by atoms with E-state index < -0.39 is 0 Å². The fourth-order valence-corrected chi connectivity index (χ4v) is 3.83. The quantitative estimate of drug-likeness (QED) is 0.397. The average Bonchev–Trinajstić information content (AvgIpc) is 2.42. The summed E-state index contributed by atoms with van der Waals surface area (Å²) < 4.78 is 0. The van der Waals surface area contributed by atoms with Crippen molar-refractivity contribution in [1.29, 1.82) is 0 Å². The Bertz CT molecular complexity index is 253. The molecule has 0 aromatic rings. The second-order valence-electron chi connectivity index (χ2n) is 8.69. The number of hydrogen-bond acceptors (Lipinski definition) is 0. The van der Waals surface area contributed by atoms with Crippen molar-refractivity contribution in [3.63, 3.8) is 0 Å². The van der Waals surface area contributed by atoms with E-state index in [1.807, 2.05) is 0 Å². The topological polar surface area (TPSA) is 0 Å². The van der Waals surface area contributed by atoms with Crippen LogP contribution in [0.2, 0.25) is 0 Å². The van der Waals surface area contributed by atoms with Gasteiger partial charge >= 0.3 is 0 Å². The lowest BCUT2D eigenvalue weighted by molar-refractivity contribution is 0.128. The molecule has 0 saturated carbocycles. The molecular weight excluding hydrogens is 252 g/mol. The SMILES string of the molecule is CCCC(CC(C)C(C)C(C)C)C(C)C(C)C(C)C(C)C. The molecule has 0 aromatic carbocycles. The molecule has 0 nitrogen and oxygen atoms in total. The van der Waals surface area contributed by atoms with Crippen molar-refractivity contribution in [3.05, 3.63) is 0 Å². The monoisotopic (exact) mass is 296 g/mol. The summed E-state index contributed by atoms with van der Waals surface area (Å²) in [7, 11) is 0. The fraction of sp³-hybridized carbons (Fsp3) is 1.00. The maximum absolute atomic E-state index is 2.52. The molecule has 128 valence electrons. The van der Waals surface area contributed by atoms with Gasteiger partial charge in [0.1, 0.15) is 0 Å². The lowest BCUT2D eigenvalue weighted by atomic mass is 9.69. The molecule has 0 aliphatic carbocycles. The van der Waals surface area contributed by atoms with E-state index in [0.29, 0.717) is 0 Å². The van der Waals surface area contributed by atoms with Gasteiger partial charge in [-0.15, -0.1) is 0 Å². The second-order valence-corrected chi connectivity index (χ2v) is 8.69. The number of rotatable bonds is 10. The van der Waals surface area contributed by atoms with Gasteiger partial charge in [-0.3, -0.25) is 0 Å². The zero-order chi connectivity index (χ0) is 16.7. The second kappa shape index (κ2) is 9.90. The first-order valence-electron chi connectivity index (χ1n) is 9.63. The lowest BCUT2D eigenvalue weighted by Crippen LogP contribution is -2.29. The lowest BCUT2D eigenvalue weighted by Gasteiger charge is -2.37. The van der Waals surface area contributed by atoms with Gasteiger partial charge in [0.25, 0.3) is 0 Å². The third-order valence-electron chi connectivity index (χ3n) is 6.74. The van der Waals surface area contributed by atoms with E-state index in [4.69, 9.17) is 0 Å². The van der Waals surface area contributed by atoms with E-state index in [1.165, 1.54) is 19.3 Å². The van der Waals surface area contributed by atoms with Crippen molar-refractivity contribution >= 4 is 0 Å². The third kappa shape index (κ3) is 6.74. The van der Waals surface area contributed by atoms with Crippen molar-refractivity contribution in [1.82, 2.24) is 0 Å². The summed E-state index contributed by atoms with van der Waals surface area (Å²) >= 11 is 0. The largest absolute Gasteiger partial charge is 0.0654 e. The molecule has 6 atom stereocenters. The minimum absolute atomic E-state index is 0.803. The van der Waals surface area contributed by atoms with Crippen molar-refractivity contribution in [2.24, 2.45) is 47.3 Å². The van der Waals surface area contributed by atoms with Gasteiger partial charge in [-0.25, -0.2) is 0 Å². The highest BCUT2D eigenvalue weighted by atomic mass is 14.3. The van der Waals surface area contributed by atoms with Crippen LogP contribution in [0.3, 0.4) is 0 Å². The molecule has 0 aliphatic rings. The first-order chi connectivity index (χ1) is 9.63. The van der Waals surface area contributed by atoms with Crippen LogP contribution in [0.1, 0.15) is 88.5 Å². The van der Waals surface area contributed by atoms with Gasteiger partial charge in [0.15, 0.2) is 0 Å². The van der Waals surface area contributed by atoms with Crippen LogP contribution in [0, 0.1) is 47.3 Å². The summed E-state index contributed by atoms with van der Waals surface area (Å²) in [5, 5.41) is 0. The highest BCUT2D eigenvalue weighted by Crippen LogP contribution is 2.38. The van der Waals surface area contributed by atoms with Gasteiger partial charge in [-0.2, -0.15) is 0 Å². The minimum atomic E-state index is 0.803. The van der Waals surface area contributed by atoms with Crippen LogP contribution in [0.5, 0.6) is 0 Å². The molecule has 0 fully saturated rings. The predicted octanol–water partition coefficient (Wildman–Crippen LogP) is 7.29. The summed E-state index contributed by atoms with van der Waals surface area (Å²) in [4.78, 5) is 0. The van der Waals surface area contributed by atoms with E-state index in [9.17, 15) is 0 Å². The first kappa shape index (κ1) is 21.0. The standard InChI is InChI=1S/C21H44/c1-11-12-21(13-16(6)17(7)14(2)3)20(10)19(9)18(8)15(4)5/h14-21H,11-13H2,1-10H3. The zero-order valence-electron chi connectivity index (χ0n) is 16.7. The Kier molecular flexibility index (Phi) is 9.90. The molecule has 0 heterocycles. The molecule has 0 bridgehead atoms. The molecule has 0 spiro atoms. The van der Waals surface area contributed by atoms with Crippen LogP contribution in [0.4, 0.5) is 0 Å². The van der Waals surface area contributed by atoms with Crippen LogP contribution >= 0.6 is 0 Å². The first-order valence-corrected chi connectivity index (χ1v) is 9.63. The van der Waals surface area contributed by atoms with Gasteiger partial charge < -0.3 is 0 Å². The smallest absolute Gasteiger partial charge is 0.0383 e. The van der Waals surface area contributed by atoms with Crippen molar-refractivity contribution in [2.75, 3.05) is 0 Å². The van der Waals surface area contributed by atoms with E-state index in [-0.39, 0.29) is 0 Å². The van der Waals surface area contributed by atoms with Crippen LogP contribution in [-0.2, 0) is 0 Å². The van der Waals surface area contributed by atoms with Crippen molar-refractivity contribution in [3.8, 4) is 0 Å². The van der Waals surface area contributed by atoms with E-state index in [2.05, 4.69) is 69.2 Å². The third-order valence-corrected chi connectivity index (χ3v) is 6.74. The molecule has 0 N–H and O–H groups in total. The predicted molar refractivity (Wildman–Crippen MR) is 98.5 cm³/mol.